The molecule has 182 valence electrons. The standard InChI is InChI=1S/C23H33N3O6S/c1-9(7-14(28)10(2)17-16(12(4)27)21(29)25-17)15-18-11(3)20(33-13-5-6-24-8-13)19(23(31)32)26(18)22(15)30/h9-13,15-18,24,27H,5-8H2,1-4H3,(H,25,29)(H,31,32)/t9-,10-,11+,12+,13-,15+,16?,17?,18+/m0/s1. The lowest BCUT2D eigenvalue weighted by molar-refractivity contribution is -0.160. The number of aliphatic hydroxyl groups is 1. The van der Waals surface area contributed by atoms with E-state index in [0.717, 1.165) is 24.4 Å². The second-order valence-corrected chi connectivity index (χ2v) is 11.3. The third-order valence-electron chi connectivity index (χ3n) is 7.80. The molecular weight excluding hydrogens is 446 g/mol. The highest BCUT2D eigenvalue weighted by Crippen LogP contribution is 2.53. The first-order valence-corrected chi connectivity index (χ1v) is 12.6. The molecular formula is C23H33N3O6S. The molecule has 4 aliphatic rings. The Morgan fingerprint density at radius 1 is 1.21 bits per heavy atom. The van der Waals surface area contributed by atoms with E-state index in [4.69, 9.17) is 0 Å². The fourth-order valence-corrected chi connectivity index (χ4v) is 7.33. The van der Waals surface area contributed by atoms with Crippen LogP contribution in [0.3, 0.4) is 0 Å². The molecule has 0 spiro atoms. The number of carbonyl (C=O) groups excluding carboxylic acids is 3. The van der Waals surface area contributed by atoms with Gasteiger partial charge in [0.1, 0.15) is 11.5 Å². The smallest absolute Gasteiger partial charge is 0.353 e. The van der Waals surface area contributed by atoms with Gasteiger partial charge in [0.05, 0.1) is 30.0 Å². The van der Waals surface area contributed by atoms with Crippen molar-refractivity contribution in [3.8, 4) is 0 Å². The number of carboxylic acid groups (broad SMARTS) is 1. The Balaban J connectivity index is 1.43. The van der Waals surface area contributed by atoms with E-state index in [1.807, 2.05) is 13.8 Å². The highest BCUT2D eigenvalue weighted by molar-refractivity contribution is 8.03. The monoisotopic (exact) mass is 479 g/mol. The molecule has 4 aliphatic heterocycles. The summed E-state index contributed by atoms with van der Waals surface area (Å²) in [5.41, 5.74) is 0.106. The SMILES string of the molecule is C[C@@H](O)C1C(=O)NC1[C@@H](C)C(=O)C[C@H](C)[C@H]1C(=O)N2C(C(=O)O)=C(S[C@H]3CCNC3)[C@H](C)[C@H]12. The van der Waals surface area contributed by atoms with Crippen LogP contribution in [0.5, 0.6) is 0 Å². The predicted molar refractivity (Wildman–Crippen MR) is 122 cm³/mol. The van der Waals surface area contributed by atoms with E-state index in [9.17, 15) is 29.4 Å². The molecule has 4 N–H and O–H groups in total. The Morgan fingerprint density at radius 2 is 1.91 bits per heavy atom. The molecule has 0 aromatic rings. The van der Waals surface area contributed by atoms with Crippen LogP contribution >= 0.6 is 11.8 Å². The van der Waals surface area contributed by atoms with E-state index in [1.54, 1.807) is 25.6 Å². The van der Waals surface area contributed by atoms with Crippen molar-refractivity contribution in [3.63, 3.8) is 0 Å². The third kappa shape index (κ3) is 4.00. The van der Waals surface area contributed by atoms with Gasteiger partial charge in [-0.05, 0) is 25.8 Å². The van der Waals surface area contributed by atoms with Crippen LogP contribution in [-0.2, 0) is 19.2 Å². The van der Waals surface area contributed by atoms with Crippen LogP contribution in [0.1, 0.15) is 40.5 Å². The number of thioether (sulfide) groups is 1. The number of rotatable bonds is 9. The lowest BCUT2D eigenvalue weighted by Gasteiger charge is -2.48. The maximum Gasteiger partial charge on any atom is 0.353 e. The molecule has 3 saturated heterocycles. The van der Waals surface area contributed by atoms with Crippen molar-refractivity contribution in [2.24, 2.45) is 29.6 Å². The fraction of sp³-hybridized carbons (Fsp3) is 0.739. The Labute approximate surface area is 197 Å². The molecule has 33 heavy (non-hydrogen) atoms. The summed E-state index contributed by atoms with van der Waals surface area (Å²) in [6.07, 6.45) is 0.304. The van der Waals surface area contributed by atoms with Gasteiger partial charge in [-0.2, -0.15) is 0 Å². The van der Waals surface area contributed by atoms with Crippen molar-refractivity contribution >= 4 is 35.3 Å². The second kappa shape index (κ2) is 9.03. The van der Waals surface area contributed by atoms with Crippen LogP contribution in [0.4, 0.5) is 0 Å². The maximum atomic E-state index is 13.1. The number of amides is 2. The van der Waals surface area contributed by atoms with E-state index < -0.39 is 35.9 Å². The third-order valence-corrected chi connectivity index (χ3v) is 9.36. The van der Waals surface area contributed by atoms with Crippen LogP contribution in [-0.4, -0.2) is 75.2 Å². The minimum atomic E-state index is -1.08. The van der Waals surface area contributed by atoms with Gasteiger partial charge in [0.2, 0.25) is 11.8 Å². The summed E-state index contributed by atoms with van der Waals surface area (Å²) in [7, 11) is 0. The number of hydrogen-bond acceptors (Lipinski definition) is 7. The molecule has 9 nitrogen and oxygen atoms in total. The number of aliphatic hydroxyl groups excluding tert-OH is 1. The fourth-order valence-electron chi connectivity index (χ4n) is 5.88. The zero-order valence-corrected chi connectivity index (χ0v) is 20.2. The second-order valence-electron chi connectivity index (χ2n) is 10.0. The lowest BCUT2D eigenvalue weighted by atomic mass is 9.71. The van der Waals surface area contributed by atoms with E-state index in [-0.39, 0.29) is 47.6 Å². The molecule has 0 aliphatic carbocycles. The number of carboxylic acids is 1. The van der Waals surface area contributed by atoms with Crippen LogP contribution in [0, 0.1) is 29.6 Å². The van der Waals surface area contributed by atoms with Gasteiger partial charge in [-0.1, -0.05) is 20.8 Å². The molecule has 2 amide bonds. The molecule has 0 bridgehead atoms. The number of hydrogen-bond donors (Lipinski definition) is 4. The molecule has 0 radical (unpaired) electrons. The van der Waals surface area contributed by atoms with Crippen molar-refractivity contribution in [3.05, 3.63) is 10.6 Å². The first kappa shape index (κ1) is 24.2. The normalized spacial score (nSPS) is 36.0. The van der Waals surface area contributed by atoms with Crippen LogP contribution in [0.2, 0.25) is 0 Å². The summed E-state index contributed by atoms with van der Waals surface area (Å²) < 4.78 is 0. The molecule has 4 rings (SSSR count). The summed E-state index contributed by atoms with van der Waals surface area (Å²) in [5.74, 6) is -3.42. The number of β-lactam (4-membered cyclic amide) rings is 2. The zero-order chi connectivity index (χ0) is 24.2. The van der Waals surface area contributed by atoms with Crippen molar-refractivity contribution in [2.45, 2.75) is 64.0 Å². The van der Waals surface area contributed by atoms with Gasteiger partial charge in [0, 0.05) is 35.0 Å². The molecule has 3 fully saturated rings. The van der Waals surface area contributed by atoms with E-state index in [1.165, 1.54) is 4.90 Å². The average Bonchev–Trinajstić information content (AvgIpc) is 3.31. The first-order chi connectivity index (χ1) is 15.5. The summed E-state index contributed by atoms with van der Waals surface area (Å²) in [6.45, 7) is 8.87. The van der Waals surface area contributed by atoms with Gasteiger partial charge in [-0.3, -0.25) is 14.4 Å². The maximum absolute atomic E-state index is 13.1. The Kier molecular flexibility index (Phi) is 6.63. The number of ketones is 1. The van der Waals surface area contributed by atoms with Gasteiger partial charge in [-0.25, -0.2) is 4.79 Å². The number of nitrogens with one attached hydrogen (secondary N) is 2. The highest BCUT2D eigenvalue weighted by Gasteiger charge is 2.60. The van der Waals surface area contributed by atoms with Crippen molar-refractivity contribution in [2.75, 3.05) is 13.1 Å². The quantitative estimate of drug-likeness (QED) is 0.353. The minimum absolute atomic E-state index is 0.0619. The van der Waals surface area contributed by atoms with Crippen LogP contribution in [0.25, 0.3) is 0 Å². The van der Waals surface area contributed by atoms with Gasteiger partial charge >= 0.3 is 5.97 Å². The highest BCUT2D eigenvalue weighted by atomic mass is 32.2. The van der Waals surface area contributed by atoms with Crippen molar-refractivity contribution < 1.29 is 29.4 Å². The Bertz CT molecular complexity index is 899. The zero-order valence-electron chi connectivity index (χ0n) is 19.4. The topological polar surface area (TPSA) is 136 Å². The number of fused-ring (bicyclic) bond motifs is 1. The molecule has 0 aromatic heterocycles. The largest absolute Gasteiger partial charge is 0.477 e. The summed E-state index contributed by atoms with van der Waals surface area (Å²) >= 11 is 1.57. The molecule has 4 heterocycles. The number of nitrogens with zero attached hydrogens (tertiary/aromatic N) is 1. The van der Waals surface area contributed by atoms with E-state index in [2.05, 4.69) is 10.6 Å². The summed E-state index contributed by atoms with van der Waals surface area (Å²) in [4.78, 5) is 52.0. The molecule has 9 atom stereocenters. The van der Waals surface area contributed by atoms with Gasteiger partial charge < -0.3 is 25.7 Å². The van der Waals surface area contributed by atoms with Crippen LogP contribution in [0.15, 0.2) is 10.6 Å². The molecule has 10 heteroatoms. The van der Waals surface area contributed by atoms with Crippen molar-refractivity contribution in [1.82, 2.24) is 15.5 Å². The molecule has 0 aromatic carbocycles. The van der Waals surface area contributed by atoms with Gasteiger partial charge in [-0.15, -0.1) is 11.8 Å². The van der Waals surface area contributed by atoms with Crippen LogP contribution < -0.4 is 10.6 Å². The average molecular weight is 480 g/mol. The first-order valence-electron chi connectivity index (χ1n) is 11.7. The predicted octanol–water partition coefficient (Wildman–Crippen LogP) is 0.581. The Hall–Kier alpha value is -1.91. The van der Waals surface area contributed by atoms with Gasteiger partial charge in [0.25, 0.3) is 0 Å². The summed E-state index contributed by atoms with van der Waals surface area (Å²) in [6, 6.07) is -0.647. The number of aliphatic carboxylic acids is 1. The Morgan fingerprint density at radius 3 is 2.45 bits per heavy atom. The van der Waals surface area contributed by atoms with E-state index in [0.29, 0.717) is 5.25 Å². The molecule has 0 saturated carbocycles. The van der Waals surface area contributed by atoms with Crippen molar-refractivity contribution in [1.29, 1.82) is 0 Å². The van der Waals surface area contributed by atoms with E-state index >= 15 is 0 Å². The lowest BCUT2D eigenvalue weighted by Crippen LogP contribution is -2.65. The minimum Gasteiger partial charge on any atom is -0.477 e. The number of Topliss-reactive ketones (excluding diaryl/α,β-unsaturated/α-hetero) is 1. The summed E-state index contributed by atoms with van der Waals surface area (Å²) in [5, 5.41) is 26.0. The van der Waals surface area contributed by atoms with Gasteiger partial charge in [0.15, 0.2) is 0 Å². The molecule has 2 unspecified atom stereocenters. The number of carbonyl (C=O) groups is 4.